The standard InChI is InChI=1S/C10H10FN3O2/c11-7-3-1-2-4-8(7)13-5-6-14(9(12)15)10(13)16/h1-4H,5-6H2,(H2,12,15). The zero-order valence-electron chi connectivity index (χ0n) is 8.39. The SMILES string of the molecule is NC(=O)N1CCN(c2ccccc2F)C1=O. The Morgan fingerprint density at radius 2 is 2.00 bits per heavy atom. The van der Waals surface area contributed by atoms with E-state index in [1.54, 1.807) is 6.07 Å². The number of nitrogens with two attached hydrogens (primary N) is 1. The highest BCUT2D eigenvalue weighted by Gasteiger charge is 2.33. The minimum Gasteiger partial charge on any atom is -0.351 e. The molecule has 16 heavy (non-hydrogen) atoms. The summed E-state index contributed by atoms with van der Waals surface area (Å²) in [7, 11) is 0. The first-order valence-electron chi connectivity index (χ1n) is 4.74. The number of carbonyl (C=O) groups excluding carboxylic acids is 2. The second-order valence-electron chi connectivity index (χ2n) is 3.38. The van der Waals surface area contributed by atoms with E-state index >= 15 is 0 Å². The molecule has 0 radical (unpaired) electrons. The molecule has 1 aromatic carbocycles. The van der Waals surface area contributed by atoms with Gasteiger partial charge in [0.1, 0.15) is 5.82 Å². The number of imide groups is 1. The lowest BCUT2D eigenvalue weighted by atomic mass is 10.3. The average molecular weight is 223 g/mol. The molecular formula is C10H10FN3O2. The molecule has 1 aliphatic heterocycles. The van der Waals surface area contributed by atoms with E-state index in [0.29, 0.717) is 0 Å². The summed E-state index contributed by atoms with van der Waals surface area (Å²) in [4.78, 5) is 24.6. The third-order valence-electron chi connectivity index (χ3n) is 2.42. The van der Waals surface area contributed by atoms with Gasteiger partial charge in [-0.2, -0.15) is 0 Å². The van der Waals surface area contributed by atoms with Crippen LogP contribution in [0, 0.1) is 5.82 Å². The molecule has 0 atom stereocenters. The maximum absolute atomic E-state index is 13.4. The van der Waals surface area contributed by atoms with E-state index in [1.165, 1.54) is 23.1 Å². The normalized spacial score (nSPS) is 15.7. The van der Waals surface area contributed by atoms with Crippen LogP contribution in [0.3, 0.4) is 0 Å². The van der Waals surface area contributed by atoms with Crippen molar-refractivity contribution < 1.29 is 14.0 Å². The van der Waals surface area contributed by atoms with Crippen molar-refractivity contribution in [2.24, 2.45) is 5.73 Å². The van der Waals surface area contributed by atoms with Gasteiger partial charge in [-0.05, 0) is 12.1 Å². The van der Waals surface area contributed by atoms with E-state index < -0.39 is 17.9 Å². The molecule has 84 valence electrons. The van der Waals surface area contributed by atoms with Crippen molar-refractivity contribution >= 4 is 17.7 Å². The van der Waals surface area contributed by atoms with Gasteiger partial charge in [-0.15, -0.1) is 0 Å². The fourth-order valence-corrected chi connectivity index (χ4v) is 1.64. The highest BCUT2D eigenvalue weighted by atomic mass is 19.1. The summed E-state index contributed by atoms with van der Waals surface area (Å²) in [5.41, 5.74) is 5.18. The maximum atomic E-state index is 13.4. The zero-order chi connectivity index (χ0) is 11.7. The number of para-hydroxylation sites is 1. The molecule has 0 spiro atoms. The summed E-state index contributed by atoms with van der Waals surface area (Å²) >= 11 is 0. The molecule has 4 amide bonds. The highest BCUT2D eigenvalue weighted by Crippen LogP contribution is 2.22. The molecule has 1 aliphatic rings. The van der Waals surface area contributed by atoms with Crippen LogP contribution in [0.5, 0.6) is 0 Å². The molecule has 0 bridgehead atoms. The van der Waals surface area contributed by atoms with Crippen molar-refractivity contribution in [3.8, 4) is 0 Å². The van der Waals surface area contributed by atoms with Gasteiger partial charge in [0.2, 0.25) is 0 Å². The van der Waals surface area contributed by atoms with Gasteiger partial charge in [-0.3, -0.25) is 4.90 Å². The Hall–Kier alpha value is -2.11. The Balaban J connectivity index is 2.29. The Kier molecular flexibility index (Phi) is 2.47. The molecule has 1 heterocycles. The molecule has 1 fully saturated rings. The van der Waals surface area contributed by atoms with Gasteiger partial charge in [0.15, 0.2) is 0 Å². The lowest BCUT2D eigenvalue weighted by Gasteiger charge is -2.16. The van der Waals surface area contributed by atoms with Crippen molar-refractivity contribution in [3.05, 3.63) is 30.1 Å². The predicted molar refractivity (Wildman–Crippen MR) is 55.4 cm³/mol. The van der Waals surface area contributed by atoms with Gasteiger partial charge >= 0.3 is 12.1 Å². The van der Waals surface area contributed by atoms with Crippen LogP contribution in [-0.2, 0) is 0 Å². The van der Waals surface area contributed by atoms with Gasteiger partial charge in [0.25, 0.3) is 0 Å². The number of amides is 4. The van der Waals surface area contributed by atoms with Crippen LogP contribution in [0.4, 0.5) is 19.7 Å². The largest absolute Gasteiger partial charge is 0.351 e. The maximum Gasteiger partial charge on any atom is 0.332 e. The van der Waals surface area contributed by atoms with Gasteiger partial charge in [-0.1, -0.05) is 12.1 Å². The average Bonchev–Trinajstić information content (AvgIpc) is 2.61. The lowest BCUT2D eigenvalue weighted by molar-refractivity contribution is 0.206. The number of primary amides is 1. The summed E-state index contributed by atoms with van der Waals surface area (Å²) in [6.45, 7) is 0.436. The molecule has 0 unspecified atom stereocenters. The van der Waals surface area contributed by atoms with Gasteiger partial charge < -0.3 is 5.73 Å². The van der Waals surface area contributed by atoms with Gasteiger partial charge in [0.05, 0.1) is 12.2 Å². The zero-order valence-corrected chi connectivity index (χ0v) is 8.39. The number of rotatable bonds is 1. The smallest absolute Gasteiger partial charge is 0.332 e. The van der Waals surface area contributed by atoms with Crippen LogP contribution in [-0.4, -0.2) is 30.1 Å². The quantitative estimate of drug-likeness (QED) is 0.775. The summed E-state index contributed by atoms with van der Waals surface area (Å²) in [5, 5.41) is 0. The molecule has 2 rings (SSSR count). The van der Waals surface area contributed by atoms with E-state index in [4.69, 9.17) is 5.73 Å². The summed E-state index contributed by atoms with van der Waals surface area (Å²) in [6, 6.07) is 4.50. The first-order chi connectivity index (χ1) is 7.61. The third-order valence-corrected chi connectivity index (χ3v) is 2.42. The van der Waals surface area contributed by atoms with Crippen LogP contribution in [0.1, 0.15) is 0 Å². The van der Waals surface area contributed by atoms with Gasteiger partial charge in [-0.25, -0.2) is 18.9 Å². The first-order valence-corrected chi connectivity index (χ1v) is 4.74. The molecule has 0 aromatic heterocycles. The van der Waals surface area contributed by atoms with Crippen molar-refractivity contribution in [1.29, 1.82) is 0 Å². The van der Waals surface area contributed by atoms with E-state index in [0.717, 1.165) is 4.90 Å². The van der Waals surface area contributed by atoms with Crippen molar-refractivity contribution in [1.82, 2.24) is 4.90 Å². The molecule has 1 aromatic rings. The summed E-state index contributed by atoms with van der Waals surface area (Å²) in [5.74, 6) is -0.498. The fourth-order valence-electron chi connectivity index (χ4n) is 1.64. The minimum atomic E-state index is -0.816. The Bertz CT molecular complexity index is 449. The number of urea groups is 2. The number of hydrogen-bond acceptors (Lipinski definition) is 2. The summed E-state index contributed by atoms with van der Waals surface area (Å²) in [6.07, 6.45) is 0. The Morgan fingerprint density at radius 1 is 1.31 bits per heavy atom. The van der Waals surface area contributed by atoms with Crippen LogP contribution in [0.15, 0.2) is 24.3 Å². The number of halogens is 1. The van der Waals surface area contributed by atoms with Crippen molar-refractivity contribution in [2.45, 2.75) is 0 Å². The van der Waals surface area contributed by atoms with Crippen LogP contribution in [0.2, 0.25) is 0 Å². The minimum absolute atomic E-state index is 0.163. The van der Waals surface area contributed by atoms with Crippen LogP contribution < -0.4 is 10.6 Å². The monoisotopic (exact) mass is 223 g/mol. The molecule has 6 heteroatoms. The number of nitrogens with zero attached hydrogens (tertiary/aromatic N) is 2. The molecule has 1 saturated heterocycles. The number of benzene rings is 1. The van der Waals surface area contributed by atoms with Crippen molar-refractivity contribution in [2.75, 3.05) is 18.0 Å². The topological polar surface area (TPSA) is 66.6 Å². The fraction of sp³-hybridized carbons (Fsp3) is 0.200. The predicted octanol–water partition coefficient (Wildman–Crippen LogP) is 1.15. The second-order valence-corrected chi connectivity index (χ2v) is 3.38. The number of carbonyl (C=O) groups is 2. The van der Waals surface area contributed by atoms with E-state index in [-0.39, 0.29) is 18.8 Å². The van der Waals surface area contributed by atoms with Crippen LogP contribution in [0.25, 0.3) is 0 Å². The number of hydrogen-bond donors (Lipinski definition) is 1. The first kappa shape index (κ1) is 10.4. The van der Waals surface area contributed by atoms with E-state index in [2.05, 4.69) is 0 Å². The summed E-state index contributed by atoms with van der Waals surface area (Å²) < 4.78 is 13.4. The molecule has 0 saturated carbocycles. The van der Waals surface area contributed by atoms with Gasteiger partial charge in [0, 0.05) is 6.54 Å². The molecule has 0 aliphatic carbocycles. The molecular weight excluding hydrogens is 213 g/mol. The Labute approximate surface area is 91.2 Å². The van der Waals surface area contributed by atoms with E-state index in [9.17, 15) is 14.0 Å². The van der Waals surface area contributed by atoms with Crippen LogP contribution >= 0.6 is 0 Å². The third kappa shape index (κ3) is 1.58. The molecule has 2 N–H and O–H groups in total. The van der Waals surface area contributed by atoms with E-state index in [1.807, 2.05) is 0 Å². The lowest BCUT2D eigenvalue weighted by Crippen LogP contribution is -2.39. The Morgan fingerprint density at radius 3 is 2.56 bits per heavy atom. The highest BCUT2D eigenvalue weighted by molar-refractivity contribution is 6.03. The number of anilines is 1. The molecule has 5 nitrogen and oxygen atoms in total. The van der Waals surface area contributed by atoms with Crippen molar-refractivity contribution in [3.63, 3.8) is 0 Å². The second kappa shape index (κ2) is 3.80.